The molecule has 3 rings (SSSR count). The molecule has 0 bridgehead atoms. The Morgan fingerprint density at radius 2 is 2.19 bits per heavy atom. The summed E-state index contributed by atoms with van der Waals surface area (Å²) < 4.78 is 16.1. The van der Waals surface area contributed by atoms with E-state index in [0.29, 0.717) is 6.61 Å². The van der Waals surface area contributed by atoms with Gasteiger partial charge in [-0.05, 0) is 24.5 Å². The topological polar surface area (TPSA) is 53.7 Å². The Morgan fingerprint density at radius 1 is 1.38 bits per heavy atom. The predicted molar refractivity (Wildman–Crippen MR) is 58.4 cm³/mol. The molecule has 0 saturated heterocycles. The molecule has 1 aromatic carbocycles. The van der Waals surface area contributed by atoms with Crippen LogP contribution in [0.2, 0.25) is 0 Å². The minimum atomic E-state index is -0.172. The molecule has 1 saturated carbocycles. The Bertz CT molecular complexity index is 427. The van der Waals surface area contributed by atoms with Gasteiger partial charge in [0.15, 0.2) is 11.5 Å². The van der Waals surface area contributed by atoms with Gasteiger partial charge in [0.25, 0.3) is 0 Å². The first-order chi connectivity index (χ1) is 7.74. The van der Waals surface area contributed by atoms with Crippen LogP contribution >= 0.6 is 0 Å². The fraction of sp³-hybridized carbons (Fsp3) is 0.500. The van der Waals surface area contributed by atoms with Gasteiger partial charge in [-0.1, -0.05) is 6.07 Å². The minimum absolute atomic E-state index is 0.172. The highest BCUT2D eigenvalue weighted by molar-refractivity contribution is 5.54. The van der Waals surface area contributed by atoms with E-state index in [2.05, 4.69) is 0 Å². The summed E-state index contributed by atoms with van der Waals surface area (Å²) in [7, 11) is 1.68. The smallest absolute Gasteiger partial charge is 0.231 e. The highest BCUT2D eigenvalue weighted by atomic mass is 16.7. The lowest BCUT2D eigenvalue weighted by Gasteiger charge is -2.16. The van der Waals surface area contributed by atoms with Gasteiger partial charge in [0.2, 0.25) is 6.79 Å². The van der Waals surface area contributed by atoms with Crippen molar-refractivity contribution < 1.29 is 14.2 Å². The summed E-state index contributed by atoms with van der Waals surface area (Å²) in [5, 5.41) is 0. The van der Waals surface area contributed by atoms with E-state index in [1.807, 2.05) is 12.1 Å². The van der Waals surface area contributed by atoms with Crippen molar-refractivity contribution in [2.75, 3.05) is 13.9 Å². The van der Waals surface area contributed by atoms with Gasteiger partial charge >= 0.3 is 0 Å². The molecule has 2 aliphatic rings. The zero-order valence-corrected chi connectivity index (χ0v) is 9.29. The zero-order chi connectivity index (χ0) is 11.2. The number of benzene rings is 1. The molecule has 86 valence electrons. The van der Waals surface area contributed by atoms with E-state index in [9.17, 15) is 0 Å². The van der Waals surface area contributed by atoms with Crippen LogP contribution in [0.5, 0.6) is 11.5 Å². The molecule has 1 aromatic rings. The number of hydrogen-bond acceptors (Lipinski definition) is 4. The van der Waals surface area contributed by atoms with Crippen LogP contribution in [0.4, 0.5) is 0 Å². The van der Waals surface area contributed by atoms with Crippen molar-refractivity contribution in [3.05, 3.63) is 23.3 Å². The van der Waals surface area contributed by atoms with Gasteiger partial charge < -0.3 is 19.9 Å². The minimum Gasteiger partial charge on any atom is -0.454 e. The molecule has 0 aromatic heterocycles. The first-order valence-corrected chi connectivity index (χ1v) is 5.44. The van der Waals surface area contributed by atoms with Crippen LogP contribution in [-0.2, 0) is 16.9 Å². The van der Waals surface area contributed by atoms with Crippen LogP contribution in [0.3, 0.4) is 0 Å². The maximum absolute atomic E-state index is 6.24. The first-order valence-electron chi connectivity index (χ1n) is 5.44. The second-order valence-electron chi connectivity index (χ2n) is 4.41. The summed E-state index contributed by atoms with van der Waals surface area (Å²) in [4.78, 5) is 0. The second kappa shape index (κ2) is 3.37. The van der Waals surface area contributed by atoms with Crippen LogP contribution < -0.4 is 15.2 Å². The van der Waals surface area contributed by atoms with Gasteiger partial charge in [-0.15, -0.1) is 0 Å². The quantitative estimate of drug-likeness (QED) is 0.840. The van der Waals surface area contributed by atoms with Crippen LogP contribution in [-0.4, -0.2) is 13.9 Å². The van der Waals surface area contributed by atoms with E-state index in [1.54, 1.807) is 7.11 Å². The zero-order valence-electron chi connectivity index (χ0n) is 9.29. The van der Waals surface area contributed by atoms with Gasteiger partial charge in [0, 0.05) is 18.2 Å². The summed E-state index contributed by atoms with van der Waals surface area (Å²) in [5.41, 5.74) is 8.25. The predicted octanol–water partition coefficient (Wildman–Crippen LogP) is 1.51. The van der Waals surface area contributed by atoms with Crippen molar-refractivity contribution in [3.8, 4) is 11.5 Å². The molecule has 0 atom stereocenters. The third-order valence-corrected chi connectivity index (χ3v) is 3.26. The number of ether oxygens (including phenoxy) is 3. The third kappa shape index (κ3) is 1.37. The summed E-state index contributed by atoms with van der Waals surface area (Å²) in [6.07, 6.45) is 2.06. The second-order valence-corrected chi connectivity index (χ2v) is 4.41. The van der Waals surface area contributed by atoms with Crippen molar-refractivity contribution >= 4 is 0 Å². The van der Waals surface area contributed by atoms with E-state index in [1.165, 1.54) is 0 Å². The Labute approximate surface area is 94.3 Å². The molecule has 1 fully saturated rings. The Hall–Kier alpha value is -1.26. The molecule has 16 heavy (non-hydrogen) atoms. The van der Waals surface area contributed by atoms with Crippen molar-refractivity contribution in [1.29, 1.82) is 0 Å². The van der Waals surface area contributed by atoms with E-state index >= 15 is 0 Å². The lowest BCUT2D eigenvalue weighted by molar-refractivity contribution is 0.162. The fourth-order valence-corrected chi connectivity index (χ4v) is 2.19. The summed E-state index contributed by atoms with van der Waals surface area (Å²) in [5.74, 6) is 1.59. The number of rotatable bonds is 3. The molecule has 1 aliphatic heterocycles. The molecule has 1 heterocycles. The van der Waals surface area contributed by atoms with Crippen LogP contribution in [0.1, 0.15) is 24.0 Å². The Balaban J connectivity index is 2.10. The maximum Gasteiger partial charge on any atom is 0.231 e. The SMILES string of the molecule is COCc1c(C2(N)CC2)ccc2c1OCO2. The van der Waals surface area contributed by atoms with E-state index in [0.717, 1.165) is 35.5 Å². The fourth-order valence-electron chi connectivity index (χ4n) is 2.19. The van der Waals surface area contributed by atoms with Gasteiger partial charge in [-0.3, -0.25) is 0 Å². The van der Waals surface area contributed by atoms with Crippen LogP contribution in [0.15, 0.2) is 12.1 Å². The lowest BCUT2D eigenvalue weighted by Crippen LogP contribution is -2.21. The number of hydrogen-bond donors (Lipinski definition) is 1. The third-order valence-electron chi connectivity index (χ3n) is 3.26. The van der Waals surface area contributed by atoms with Gasteiger partial charge in [0.1, 0.15) is 0 Å². The van der Waals surface area contributed by atoms with Crippen molar-refractivity contribution in [1.82, 2.24) is 0 Å². The molecule has 1 aliphatic carbocycles. The highest BCUT2D eigenvalue weighted by Gasteiger charge is 2.43. The maximum atomic E-state index is 6.24. The van der Waals surface area contributed by atoms with E-state index in [4.69, 9.17) is 19.9 Å². The van der Waals surface area contributed by atoms with E-state index in [-0.39, 0.29) is 12.3 Å². The Kier molecular flexibility index (Phi) is 2.09. The Morgan fingerprint density at radius 3 is 2.88 bits per heavy atom. The average Bonchev–Trinajstić information content (AvgIpc) is 2.85. The molecule has 4 nitrogen and oxygen atoms in total. The summed E-state index contributed by atoms with van der Waals surface area (Å²) in [6.45, 7) is 0.799. The molecular formula is C12H15NO3. The van der Waals surface area contributed by atoms with Crippen molar-refractivity contribution in [2.45, 2.75) is 25.0 Å². The molecule has 0 unspecified atom stereocenters. The van der Waals surface area contributed by atoms with Crippen molar-refractivity contribution in [2.24, 2.45) is 5.73 Å². The average molecular weight is 221 g/mol. The summed E-state index contributed by atoms with van der Waals surface area (Å²) in [6, 6.07) is 3.97. The lowest BCUT2D eigenvalue weighted by atomic mass is 9.98. The van der Waals surface area contributed by atoms with Gasteiger partial charge in [0.05, 0.1) is 6.61 Å². The number of methoxy groups -OCH3 is 1. The van der Waals surface area contributed by atoms with Crippen LogP contribution in [0, 0.1) is 0 Å². The summed E-state index contributed by atoms with van der Waals surface area (Å²) >= 11 is 0. The van der Waals surface area contributed by atoms with Crippen LogP contribution in [0.25, 0.3) is 0 Å². The van der Waals surface area contributed by atoms with Gasteiger partial charge in [-0.2, -0.15) is 0 Å². The molecule has 0 amide bonds. The molecular weight excluding hydrogens is 206 g/mol. The standard InChI is InChI=1S/C12H15NO3/c1-14-6-8-9(12(13)4-5-12)2-3-10-11(8)16-7-15-10/h2-3H,4-7,13H2,1H3. The molecule has 4 heteroatoms. The largest absolute Gasteiger partial charge is 0.454 e. The molecule has 0 radical (unpaired) electrons. The molecule has 2 N–H and O–H groups in total. The normalized spacial score (nSPS) is 19.9. The monoisotopic (exact) mass is 221 g/mol. The number of fused-ring (bicyclic) bond motifs is 1. The first kappa shape index (κ1) is 9.93. The van der Waals surface area contributed by atoms with Crippen molar-refractivity contribution in [3.63, 3.8) is 0 Å². The number of nitrogens with two attached hydrogens (primary N) is 1. The molecule has 0 spiro atoms. The van der Waals surface area contributed by atoms with E-state index < -0.39 is 0 Å². The van der Waals surface area contributed by atoms with Gasteiger partial charge in [-0.25, -0.2) is 0 Å². The highest BCUT2D eigenvalue weighted by Crippen LogP contribution is 2.49.